The highest BCUT2D eigenvalue weighted by atomic mass is 32.1. The van der Waals surface area contributed by atoms with Gasteiger partial charge < -0.3 is 15.1 Å². The molecule has 1 aliphatic rings. The van der Waals surface area contributed by atoms with Crippen molar-refractivity contribution in [1.29, 1.82) is 0 Å². The molecule has 4 heteroatoms. The van der Waals surface area contributed by atoms with E-state index in [2.05, 4.69) is 39.7 Å². The lowest BCUT2D eigenvalue weighted by molar-refractivity contribution is 0.237. The largest absolute Gasteiger partial charge is 0.367 e. The molecule has 0 bridgehead atoms. The molecule has 96 valence electrons. The van der Waals surface area contributed by atoms with Crippen molar-refractivity contribution >= 4 is 16.3 Å². The van der Waals surface area contributed by atoms with Crippen molar-refractivity contribution in [3.63, 3.8) is 0 Å². The van der Waals surface area contributed by atoms with Gasteiger partial charge in [-0.1, -0.05) is 0 Å². The highest BCUT2D eigenvalue weighted by Crippen LogP contribution is 2.19. The fraction of sp³-hybridized carbons (Fsp3) is 0.692. The average molecular weight is 253 g/mol. The molecule has 0 spiro atoms. The standard InChI is InChI=1S/C13H23N3S/c1-15(13-5-4-12-17-13)8-2-3-9-16-10-6-14-7-11-16/h4-5,12,14H,2-3,6-11H2,1H3. The van der Waals surface area contributed by atoms with E-state index in [1.807, 2.05) is 11.3 Å². The van der Waals surface area contributed by atoms with Crippen LogP contribution in [0.25, 0.3) is 0 Å². The molecule has 3 nitrogen and oxygen atoms in total. The van der Waals surface area contributed by atoms with Gasteiger partial charge in [0, 0.05) is 39.8 Å². The molecule has 2 rings (SSSR count). The summed E-state index contributed by atoms with van der Waals surface area (Å²) in [5, 5.41) is 6.92. The average Bonchev–Trinajstić information content (AvgIpc) is 2.89. The summed E-state index contributed by atoms with van der Waals surface area (Å²) in [5.41, 5.74) is 0. The Morgan fingerprint density at radius 1 is 1.35 bits per heavy atom. The van der Waals surface area contributed by atoms with Crippen molar-refractivity contribution in [3.05, 3.63) is 17.5 Å². The van der Waals surface area contributed by atoms with Crippen molar-refractivity contribution in [1.82, 2.24) is 10.2 Å². The summed E-state index contributed by atoms with van der Waals surface area (Å²) in [4.78, 5) is 4.93. The van der Waals surface area contributed by atoms with Crippen LogP contribution in [0.4, 0.5) is 5.00 Å². The lowest BCUT2D eigenvalue weighted by Gasteiger charge is -2.27. The predicted molar refractivity (Wildman–Crippen MR) is 76.1 cm³/mol. The molecule has 0 radical (unpaired) electrons. The van der Waals surface area contributed by atoms with Crippen molar-refractivity contribution in [2.75, 3.05) is 51.2 Å². The first-order chi connectivity index (χ1) is 8.36. The number of nitrogens with one attached hydrogen (secondary N) is 1. The molecule has 1 saturated heterocycles. The van der Waals surface area contributed by atoms with Gasteiger partial charge in [0.1, 0.15) is 0 Å². The zero-order valence-corrected chi connectivity index (χ0v) is 11.5. The number of piperazine rings is 1. The Hall–Kier alpha value is -0.580. The first-order valence-electron chi connectivity index (χ1n) is 6.54. The fourth-order valence-electron chi connectivity index (χ4n) is 2.22. The van der Waals surface area contributed by atoms with Crippen LogP contribution in [0.1, 0.15) is 12.8 Å². The van der Waals surface area contributed by atoms with Crippen molar-refractivity contribution in [3.8, 4) is 0 Å². The lowest BCUT2D eigenvalue weighted by atomic mass is 10.2. The quantitative estimate of drug-likeness (QED) is 0.781. The van der Waals surface area contributed by atoms with Gasteiger partial charge in [0.2, 0.25) is 0 Å². The van der Waals surface area contributed by atoms with E-state index < -0.39 is 0 Å². The number of rotatable bonds is 6. The van der Waals surface area contributed by atoms with Gasteiger partial charge in [-0.05, 0) is 36.9 Å². The van der Waals surface area contributed by atoms with Gasteiger partial charge >= 0.3 is 0 Å². The van der Waals surface area contributed by atoms with Gasteiger partial charge in [-0.15, -0.1) is 11.3 Å². The Morgan fingerprint density at radius 2 is 2.18 bits per heavy atom. The number of hydrogen-bond acceptors (Lipinski definition) is 4. The van der Waals surface area contributed by atoms with Crippen LogP contribution >= 0.6 is 11.3 Å². The molecule has 0 amide bonds. The second-order valence-corrected chi connectivity index (χ2v) is 5.60. The van der Waals surface area contributed by atoms with Crippen molar-refractivity contribution in [2.24, 2.45) is 0 Å². The second kappa shape index (κ2) is 6.99. The molecule has 1 aromatic rings. The van der Waals surface area contributed by atoms with Gasteiger partial charge in [0.25, 0.3) is 0 Å². The minimum Gasteiger partial charge on any atom is -0.367 e. The molecular weight excluding hydrogens is 230 g/mol. The second-order valence-electron chi connectivity index (χ2n) is 4.67. The Bertz CT molecular complexity index is 294. The predicted octanol–water partition coefficient (Wildman–Crippen LogP) is 1.87. The Balaban J connectivity index is 1.56. The van der Waals surface area contributed by atoms with Gasteiger partial charge in [-0.2, -0.15) is 0 Å². The molecule has 1 aliphatic heterocycles. The van der Waals surface area contributed by atoms with Crippen molar-refractivity contribution < 1.29 is 0 Å². The van der Waals surface area contributed by atoms with Crippen LogP contribution in [-0.4, -0.2) is 51.2 Å². The van der Waals surface area contributed by atoms with Crippen LogP contribution in [0.3, 0.4) is 0 Å². The molecule has 17 heavy (non-hydrogen) atoms. The molecule has 0 atom stereocenters. The van der Waals surface area contributed by atoms with Gasteiger partial charge in [-0.25, -0.2) is 0 Å². The summed E-state index contributed by atoms with van der Waals surface area (Å²) in [6.07, 6.45) is 2.61. The summed E-state index contributed by atoms with van der Waals surface area (Å²) in [6.45, 7) is 7.21. The van der Waals surface area contributed by atoms with Crippen LogP contribution in [-0.2, 0) is 0 Å². The van der Waals surface area contributed by atoms with Crippen LogP contribution < -0.4 is 10.2 Å². The Labute approximate surface area is 108 Å². The van der Waals surface area contributed by atoms with E-state index in [9.17, 15) is 0 Å². The zero-order valence-electron chi connectivity index (χ0n) is 10.7. The third kappa shape index (κ3) is 4.30. The maximum absolute atomic E-state index is 3.39. The maximum Gasteiger partial charge on any atom is 0.0905 e. The smallest absolute Gasteiger partial charge is 0.0905 e. The first kappa shape index (κ1) is 12.9. The van der Waals surface area contributed by atoms with Crippen LogP contribution in [0, 0.1) is 0 Å². The number of unbranched alkanes of at least 4 members (excludes halogenated alkanes) is 1. The van der Waals surface area contributed by atoms with Gasteiger partial charge in [-0.3, -0.25) is 0 Å². The third-order valence-corrected chi connectivity index (χ3v) is 4.29. The topological polar surface area (TPSA) is 18.5 Å². The number of thiophene rings is 1. The van der Waals surface area contributed by atoms with E-state index in [0.717, 1.165) is 13.1 Å². The summed E-state index contributed by atoms with van der Waals surface area (Å²) in [6, 6.07) is 4.32. The van der Waals surface area contributed by atoms with Gasteiger partial charge in [0.15, 0.2) is 0 Å². The summed E-state index contributed by atoms with van der Waals surface area (Å²) < 4.78 is 0. The molecule has 0 aliphatic carbocycles. The van der Waals surface area contributed by atoms with E-state index in [4.69, 9.17) is 0 Å². The highest BCUT2D eigenvalue weighted by molar-refractivity contribution is 7.14. The Morgan fingerprint density at radius 3 is 2.88 bits per heavy atom. The summed E-state index contributed by atoms with van der Waals surface area (Å²) >= 11 is 1.82. The molecule has 0 aromatic carbocycles. The van der Waals surface area contributed by atoms with Gasteiger partial charge in [0.05, 0.1) is 5.00 Å². The third-order valence-electron chi connectivity index (χ3n) is 3.31. The molecule has 1 fully saturated rings. The van der Waals surface area contributed by atoms with Crippen molar-refractivity contribution in [2.45, 2.75) is 12.8 Å². The lowest BCUT2D eigenvalue weighted by Crippen LogP contribution is -2.43. The fourth-order valence-corrected chi connectivity index (χ4v) is 2.94. The van der Waals surface area contributed by atoms with Crippen LogP contribution in [0.5, 0.6) is 0 Å². The van der Waals surface area contributed by atoms with E-state index >= 15 is 0 Å². The summed E-state index contributed by atoms with van der Waals surface area (Å²) in [5.74, 6) is 0. The monoisotopic (exact) mass is 253 g/mol. The first-order valence-corrected chi connectivity index (χ1v) is 7.42. The number of hydrogen-bond donors (Lipinski definition) is 1. The highest BCUT2D eigenvalue weighted by Gasteiger charge is 2.08. The van der Waals surface area contributed by atoms with E-state index in [-0.39, 0.29) is 0 Å². The number of anilines is 1. The Kier molecular flexibility index (Phi) is 5.29. The molecule has 1 aromatic heterocycles. The zero-order chi connectivity index (χ0) is 11.9. The number of nitrogens with zero attached hydrogens (tertiary/aromatic N) is 2. The minimum atomic E-state index is 1.16. The molecule has 0 saturated carbocycles. The summed E-state index contributed by atoms with van der Waals surface area (Å²) in [7, 11) is 2.19. The van der Waals surface area contributed by atoms with E-state index in [1.165, 1.54) is 44.0 Å². The molecule has 1 N–H and O–H groups in total. The van der Waals surface area contributed by atoms with E-state index in [1.54, 1.807) is 0 Å². The normalized spacial score (nSPS) is 17.2. The minimum absolute atomic E-state index is 1.16. The van der Waals surface area contributed by atoms with Crippen LogP contribution in [0.2, 0.25) is 0 Å². The molecule has 2 heterocycles. The van der Waals surface area contributed by atoms with E-state index in [0.29, 0.717) is 0 Å². The van der Waals surface area contributed by atoms with Crippen LogP contribution in [0.15, 0.2) is 17.5 Å². The maximum atomic E-state index is 3.39. The molecule has 0 unspecified atom stereocenters. The molecular formula is C13H23N3S. The SMILES string of the molecule is CN(CCCCN1CCNCC1)c1cccs1.